The Morgan fingerprint density at radius 1 is 1.06 bits per heavy atom. The quantitative estimate of drug-likeness (QED) is 0.529. The van der Waals surface area contributed by atoms with E-state index >= 15 is 0 Å². The molecule has 0 fully saturated rings. The van der Waals surface area contributed by atoms with E-state index in [9.17, 15) is 9.59 Å². The molecular weight excluding hydrogens is 428 g/mol. The lowest BCUT2D eigenvalue weighted by Crippen LogP contribution is -2.42. The van der Waals surface area contributed by atoms with Crippen LogP contribution in [0.1, 0.15) is 30.9 Å². The van der Waals surface area contributed by atoms with Gasteiger partial charge in [0.2, 0.25) is 11.8 Å². The molecule has 0 radical (unpaired) electrons. The fourth-order valence-electron chi connectivity index (χ4n) is 4.44. The van der Waals surface area contributed by atoms with Crippen LogP contribution in [0.4, 0.5) is 11.4 Å². The molecule has 0 aliphatic carbocycles. The van der Waals surface area contributed by atoms with Gasteiger partial charge in [0.15, 0.2) is 0 Å². The van der Waals surface area contributed by atoms with Gasteiger partial charge in [0, 0.05) is 23.4 Å². The Morgan fingerprint density at radius 2 is 1.71 bits per heavy atom. The SMILES string of the molecule is C=CCN1C(=O)C(C)(C)COc2ccc(NC(=O)C3c4ccccc4Oc4ccccc43)cc21. The normalized spacial score (nSPS) is 16.2. The third-order valence-corrected chi connectivity index (χ3v) is 6.18. The summed E-state index contributed by atoms with van der Waals surface area (Å²) in [6, 6.07) is 20.5. The number of anilines is 2. The minimum absolute atomic E-state index is 0.0538. The lowest BCUT2D eigenvalue weighted by molar-refractivity contribution is -0.127. The van der Waals surface area contributed by atoms with Gasteiger partial charge in [-0.1, -0.05) is 42.5 Å². The number of para-hydroxylation sites is 2. The van der Waals surface area contributed by atoms with Gasteiger partial charge in [-0.25, -0.2) is 0 Å². The molecule has 0 atom stereocenters. The molecule has 2 amide bonds. The summed E-state index contributed by atoms with van der Waals surface area (Å²) >= 11 is 0. The number of fused-ring (bicyclic) bond motifs is 3. The van der Waals surface area contributed by atoms with Crippen molar-refractivity contribution in [3.05, 3.63) is 90.5 Å². The fraction of sp³-hybridized carbons (Fsp3) is 0.214. The van der Waals surface area contributed by atoms with Crippen molar-refractivity contribution in [3.63, 3.8) is 0 Å². The first kappa shape index (κ1) is 21.8. The Bertz CT molecular complexity index is 1250. The smallest absolute Gasteiger partial charge is 0.236 e. The molecular formula is C28H26N2O4. The van der Waals surface area contributed by atoms with Gasteiger partial charge in [-0.2, -0.15) is 0 Å². The van der Waals surface area contributed by atoms with Gasteiger partial charge < -0.3 is 19.7 Å². The van der Waals surface area contributed by atoms with Gasteiger partial charge in [-0.05, 0) is 44.2 Å². The predicted molar refractivity (Wildman–Crippen MR) is 132 cm³/mol. The zero-order chi connectivity index (χ0) is 23.9. The average molecular weight is 455 g/mol. The van der Waals surface area contributed by atoms with E-state index in [2.05, 4.69) is 11.9 Å². The van der Waals surface area contributed by atoms with Crippen molar-refractivity contribution in [2.45, 2.75) is 19.8 Å². The monoisotopic (exact) mass is 454 g/mol. The summed E-state index contributed by atoms with van der Waals surface area (Å²) in [5.74, 6) is 1.17. The van der Waals surface area contributed by atoms with Gasteiger partial charge >= 0.3 is 0 Å². The standard InChI is InChI=1S/C28H26N2O4/c1-4-15-30-21-16-18(13-14-24(21)33-17-28(2,3)27(30)32)29-26(31)25-19-9-5-7-11-22(19)34-23-12-8-6-10-20(23)25/h4-14,16,25H,1,15,17H2,2-3H3,(H,29,31). The Labute approximate surface area is 198 Å². The largest absolute Gasteiger partial charge is 0.490 e. The van der Waals surface area contributed by atoms with Crippen LogP contribution in [0, 0.1) is 5.41 Å². The second-order valence-corrected chi connectivity index (χ2v) is 9.16. The van der Waals surface area contributed by atoms with E-state index < -0.39 is 11.3 Å². The van der Waals surface area contributed by atoms with E-state index in [1.54, 1.807) is 29.2 Å². The molecule has 0 spiro atoms. The van der Waals surface area contributed by atoms with Crippen LogP contribution in [0.5, 0.6) is 17.2 Å². The highest BCUT2D eigenvalue weighted by molar-refractivity contribution is 6.02. The second-order valence-electron chi connectivity index (χ2n) is 9.16. The van der Waals surface area contributed by atoms with Gasteiger partial charge in [-0.3, -0.25) is 9.59 Å². The Balaban J connectivity index is 1.50. The predicted octanol–water partition coefficient (Wildman–Crippen LogP) is 5.50. The van der Waals surface area contributed by atoms with Crippen LogP contribution < -0.4 is 19.7 Å². The number of amides is 2. The van der Waals surface area contributed by atoms with Crippen LogP contribution in [0.15, 0.2) is 79.4 Å². The fourth-order valence-corrected chi connectivity index (χ4v) is 4.44. The van der Waals surface area contributed by atoms with Crippen molar-refractivity contribution in [1.29, 1.82) is 0 Å². The lowest BCUT2D eigenvalue weighted by atomic mass is 9.87. The lowest BCUT2D eigenvalue weighted by Gasteiger charge is -2.28. The molecule has 6 heteroatoms. The Kier molecular flexibility index (Phi) is 5.36. The summed E-state index contributed by atoms with van der Waals surface area (Å²) in [6.45, 7) is 8.14. The van der Waals surface area contributed by atoms with Gasteiger partial charge in [0.25, 0.3) is 0 Å². The minimum Gasteiger partial charge on any atom is -0.490 e. The molecule has 172 valence electrons. The molecule has 0 saturated heterocycles. The van der Waals surface area contributed by atoms with Crippen molar-refractivity contribution >= 4 is 23.2 Å². The van der Waals surface area contributed by atoms with Gasteiger partial charge in [0.1, 0.15) is 23.9 Å². The molecule has 34 heavy (non-hydrogen) atoms. The maximum absolute atomic E-state index is 13.6. The van der Waals surface area contributed by atoms with E-state index in [1.165, 1.54) is 0 Å². The van der Waals surface area contributed by atoms with Crippen LogP contribution in [0.2, 0.25) is 0 Å². The molecule has 2 heterocycles. The third kappa shape index (κ3) is 3.71. The summed E-state index contributed by atoms with van der Waals surface area (Å²) in [4.78, 5) is 28.4. The maximum atomic E-state index is 13.6. The number of rotatable bonds is 4. The number of hydrogen-bond acceptors (Lipinski definition) is 4. The maximum Gasteiger partial charge on any atom is 0.236 e. The number of hydrogen-bond donors (Lipinski definition) is 1. The number of ether oxygens (including phenoxy) is 2. The molecule has 2 aliphatic rings. The average Bonchev–Trinajstić information content (AvgIpc) is 2.92. The van der Waals surface area contributed by atoms with Crippen molar-refractivity contribution in [3.8, 4) is 17.2 Å². The van der Waals surface area contributed by atoms with Crippen molar-refractivity contribution in [2.24, 2.45) is 5.41 Å². The summed E-state index contributed by atoms with van der Waals surface area (Å²) in [5.41, 5.74) is 2.13. The molecule has 5 rings (SSSR count). The highest BCUT2D eigenvalue weighted by atomic mass is 16.5. The number of carbonyl (C=O) groups is 2. The molecule has 2 aliphatic heterocycles. The highest BCUT2D eigenvalue weighted by Gasteiger charge is 2.38. The molecule has 1 N–H and O–H groups in total. The number of nitrogens with one attached hydrogen (secondary N) is 1. The number of carbonyl (C=O) groups excluding carboxylic acids is 2. The van der Waals surface area contributed by atoms with Crippen LogP contribution in [-0.2, 0) is 9.59 Å². The van der Waals surface area contributed by atoms with E-state index in [0.29, 0.717) is 35.2 Å². The summed E-state index contributed by atoms with van der Waals surface area (Å²) in [6.07, 6.45) is 1.68. The molecule has 3 aromatic carbocycles. The zero-order valence-electron chi connectivity index (χ0n) is 19.2. The highest BCUT2D eigenvalue weighted by Crippen LogP contribution is 2.45. The topological polar surface area (TPSA) is 67.9 Å². The molecule has 0 aromatic heterocycles. The van der Waals surface area contributed by atoms with E-state index in [-0.39, 0.29) is 18.4 Å². The molecule has 6 nitrogen and oxygen atoms in total. The summed E-state index contributed by atoms with van der Waals surface area (Å²) in [5, 5.41) is 3.05. The third-order valence-electron chi connectivity index (χ3n) is 6.18. The minimum atomic E-state index is -0.680. The first-order valence-corrected chi connectivity index (χ1v) is 11.3. The van der Waals surface area contributed by atoms with Crippen molar-refractivity contribution in [1.82, 2.24) is 0 Å². The summed E-state index contributed by atoms with van der Waals surface area (Å²) < 4.78 is 12.0. The second kappa shape index (κ2) is 8.37. The van der Waals surface area contributed by atoms with Crippen LogP contribution >= 0.6 is 0 Å². The van der Waals surface area contributed by atoms with Crippen molar-refractivity contribution in [2.75, 3.05) is 23.4 Å². The first-order valence-electron chi connectivity index (χ1n) is 11.3. The molecule has 3 aromatic rings. The van der Waals surface area contributed by atoms with E-state index in [1.807, 2.05) is 62.4 Å². The van der Waals surface area contributed by atoms with Gasteiger partial charge in [0.05, 0.1) is 17.0 Å². The van der Waals surface area contributed by atoms with Crippen LogP contribution in [-0.4, -0.2) is 25.0 Å². The first-order chi connectivity index (χ1) is 16.4. The number of benzene rings is 3. The van der Waals surface area contributed by atoms with Crippen molar-refractivity contribution < 1.29 is 19.1 Å². The molecule has 0 saturated carbocycles. The van der Waals surface area contributed by atoms with Gasteiger partial charge in [-0.15, -0.1) is 6.58 Å². The molecule has 0 unspecified atom stereocenters. The Morgan fingerprint density at radius 3 is 2.35 bits per heavy atom. The van der Waals surface area contributed by atoms with Crippen LogP contribution in [0.3, 0.4) is 0 Å². The zero-order valence-corrected chi connectivity index (χ0v) is 19.2. The summed E-state index contributed by atoms with van der Waals surface area (Å²) in [7, 11) is 0. The molecule has 0 bridgehead atoms. The Hall–Kier alpha value is -4.06. The number of nitrogens with zero attached hydrogens (tertiary/aromatic N) is 1. The van der Waals surface area contributed by atoms with E-state index in [0.717, 1.165) is 11.1 Å². The van der Waals surface area contributed by atoms with Crippen LogP contribution in [0.25, 0.3) is 0 Å². The van der Waals surface area contributed by atoms with E-state index in [4.69, 9.17) is 9.47 Å².